The molecule has 0 aromatic heterocycles. The molecule has 8 atom stereocenters. The number of hydrogen-bond donors (Lipinski definition) is 6. The summed E-state index contributed by atoms with van der Waals surface area (Å²) in [5.74, 6) is -1.10. The van der Waals surface area contributed by atoms with Gasteiger partial charge < -0.3 is 39.9 Å². The topological polar surface area (TPSA) is 210 Å². The molecule has 0 aromatic rings. The van der Waals surface area contributed by atoms with Crippen molar-refractivity contribution < 1.29 is 63.1 Å². The maximum absolute atomic E-state index is 12.8. The molecule has 0 saturated heterocycles. The molecular weight excluding hydrogens is 755 g/mol. The standard InChI is InChI=1S/C43H81O13P/c1-3-5-7-9-11-13-15-16-17-18-19-20-22-24-26-28-30-32-37(45)55-35(33-53-36(44)31-29-27-25-23-21-14-12-10-8-6-4-2)34-54-57(51,52)56-43-41(49)39(47)38(46)40(48)42(43)50/h16-17,35,38-43,46-50H,3-15,18-34H2,1-2H3,(H,51,52)/b17-16+/t35-,38?,39-,40?,41?,42?,43?/m1/s1. The van der Waals surface area contributed by atoms with Crippen LogP contribution in [0.1, 0.15) is 194 Å². The number of ether oxygens (including phenoxy) is 2. The zero-order valence-corrected chi connectivity index (χ0v) is 36.3. The van der Waals surface area contributed by atoms with Crippen LogP contribution in [-0.4, -0.2) is 98.3 Å². The van der Waals surface area contributed by atoms with Gasteiger partial charge in [0, 0.05) is 12.8 Å². The summed E-state index contributed by atoms with van der Waals surface area (Å²) in [5.41, 5.74) is 0. The third-order valence-corrected chi connectivity index (χ3v) is 11.6. The molecule has 1 aliphatic carbocycles. The molecule has 6 unspecified atom stereocenters. The van der Waals surface area contributed by atoms with Crippen LogP contribution in [0.5, 0.6) is 0 Å². The number of phosphoric acid groups is 1. The quantitative estimate of drug-likeness (QED) is 0.0151. The minimum absolute atomic E-state index is 0.0957. The van der Waals surface area contributed by atoms with Crippen molar-refractivity contribution in [2.45, 2.75) is 236 Å². The van der Waals surface area contributed by atoms with Crippen LogP contribution in [0.2, 0.25) is 0 Å². The van der Waals surface area contributed by atoms with Gasteiger partial charge >= 0.3 is 19.8 Å². The maximum Gasteiger partial charge on any atom is 0.472 e. The fourth-order valence-corrected chi connectivity index (χ4v) is 7.90. The Balaban J connectivity index is 2.46. The van der Waals surface area contributed by atoms with Crippen LogP contribution < -0.4 is 0 Å². The molecular formula is C43H81O13P. The van der Waals surface area contributed by atoms with E-state index in [0.717, 1.165) is 51.4 Å². The molecule has 0 heterocycles. The van der Waals surface area contributed by atoms with Crippen molar-refractivity contribution in [3.8, 4) is 0 Å². The first-order valence-electron chi connectivity index (χ1n) is 22.5. The number of aliphatic hydroxyl groups is 5. The Morgan fingerprint density at radius 2 is 0.895 bits per heavy atom. The first kappa shape index (κ1) is 53.6. The van der Waals surface area contributed by atoms with Crippen molar-refractivity contribution in [1.29, 1.82) is 0 Å². The number of allylic oxidation sites excluding steroid dienone is 2. The van der Waals surface area contributed by atoms with Gasteiger partial charge in [0.1, 0.15) is 43.2 Å². The Kier molecular flexibility index (Phi) is 32.3. The molecule has 0 bridgehead atoms. The molecule has 0 aliphatic heterocycles. The predicted octanol–water partition coefficient (Wildman–Crippen LogP) is 8.28. The molecule has 336 valence electrons. The highest BCUT2D eigenvalue weighted by Gasteiger charge is 2.51. The molecule has 1 saturated carbocycles. The van der Waals surface area contributed by atoms with E-state index in [2.05, 4.69) is 26.0 Å². The maximum atomic E-state index is 12.8. The Morgan fingerprint density at radius 1 is 0.526 bits per heavy atom. The fourth-order valence-electron chi connectivity index (χ4n) is 6.93. The van der Waals surface area contributed by atoms with E-state index < -0.39 is 75.7 Å². The highest BCUT2D eigenvalue weighted by atomic mass is 31.2. The number of carbonyl (C=O) groups excluding carboxylic acids is 2. The summed E-state index contributed by atoms with van der Waals surface area (Å²) in [6.45, 7) is 3.28. The average Bonchev–Trinajstić information content (AvgIpc) is 3.19. The highest BCUT2D eigenvalue weighted by molar-refractivity contribution is 7.47. The van der Waals surface area contributed by atoms with Gasteiger partial charge in [0.25, 0.3) is 0 Å². The molecule has 0 spiro atoms. The number of hydrogen-bond acceptors (Lipinski definition) is 12. The Labute approximate surface area is 343 Å². The molecule has 0 radical (unpaired) electrons. The van der Waals surface area contributed by atoms with Crippen molar-refractivity contribution in [3.05, 3.63) is 12.2 Å². The summed E-state index contributed by atoms with van der Waals surface area (Å²) < 4.78 is 33.5. The lowest BCUT2D eigenvalue weighted by Crippen LogP contribution is -2.64. The van der Waals surface area contributed by atoms with Crippen molar-refractivity contribution >= 4 is 19.8 Å². The van der Waals surface area contributed by atoms with Gasteiger partial charge in [0.2, 0.25) is 0 Å². The molecule has 1 rings (SSSR count). The van der Waals surface area contributed by atoms with Gasteiger partial charge in [-0.1, -0.05) is 154 Å². The van der Waals surface area contributed by atoms with Gasteiger partial charge in [-0.25, -0.2) is 4.57 Å². The van der Waals surface area contributed by atoms with Crippen molar-refractivity contribution in [2.24, 2.45) is 0 Å². The normalized spacial score (nSPS) is 22.7. The number of phosphoric ester groups is 1. The van der Waals surface area contributed by atoms with E-state index >= 15 is 0 Å². The highest BCUT2D eigenvalue weighted by Crippen LogP contribution is 2.47. The number of esters is 2. The monoisotopic (exact) mass is 837 g/mol. The first-order chi connectivity index (χ1) is 27.4. The predicted molar refractivity (Wildman–Crippen MR) is 221 cm³/mol. The summed E-state index contributed by atoms with van der Waals surface area (Å²) in [5, 5.41) is 50.1. The Hall–Kier alpha value is -1.41. The van der Waals surface area contributed by atoms with Gasteiger partial charge in [-0.05, 0) is 38.5 Å². The lowest BCUT2D eigenvalue weighted by molar-refractivity contribution is -0.220. The lowest BCUT2D eigenvalue weighted by atomic mass is 9.85. The second-order valence-corrected chi connectivity index (χ2v) is 17.3. The van der Waals surface area contributed by atoms with Gasteiger partial charge in [0.15, 0.2) is 6.10 Å². The second-order valence-electron chi connectivity index (χ2n) is 15.9. The molecule has 0 aromatic carbocycles. The van der Waals surface area contributed by atoms with Gasteiger partial charge in [-0.2, -0.15) is 0 Å². The van der Waals surface area contributed by atoms with Crippen LogP contribution in [-0.2, 0) is 32.7 Å². The summed E-state index contributed by atoms with van der Waals surface area (Å²) in [7, 11) is -5.11. The first-order valence-corrected chi connectivity index (χ1v) is 24.0. The SMILES string of the molecule is CCCCCCCC/C=C/CCCCCCCCCC(=O)O[C@H](COC(=O)CCCCCCCCCCCCC)COP(=O)(O)OC1C(O)C(O)C(O)[C@@H](O)C1O. The largest absolute Gasteiger partial charge is 0.472 e. The zero-order chi connectivity index (χ0) is 42.2. The smallest absolute Gasteiger partial charge is 0.462 e. The van der Waals surface area contributed by atoms with Crippen molar-refractivity contribution in [1.82, 2.24) is 0 Å². The molecule has 0 amide bonds. The summed E-state index contributed by atoms with van der Waals surface area (Å²) in [6.07, 6.45) is 21.3. The second kappa shape index (κ2) is 34.3. The van der Waals surface area contributed by atoms with E-state index in [-0.39, 0.29) is 12.8 Å². The number of unbranched alkanes of at least 4 members (excludes halogenated alkanes) is 23. The molecule has 13 nitrogen and oxygen atoms in total. The zero-order valence-electron chi connectivity index (χ0n) is 35.4. The minimum atomic E-state index is -5.11. The van der Waals surface area contributed by atoms with Gasteiger partial charge in [-0.3, -0.25) is 18.6 Å². The van der Waals surface area contributed by atoms with E-state index in [1.807, 2.05) is 0 Å². The number of rotatable bonds is 37. The van der Waals surface area contributed by atoms with Gasteiger partial charge in [0.05, 0.1) is 6.61 Å². The molecule has 1 fully saturated rings. The van der Waals surface area contributed by atoms with E-state index in [1.54, 1.807) is 0 Å². The number of carbonyl (C=O) groups is 2. The Morgan fingerprint density at radius 3 is 1.33 bits per heavy atom. The van der Waals surface area contributed by atoms with Crippen LogP contribution in [0.25, 0.3) is 0 Å². The molecule has 1 aliphatic rings. The average molecular weight is 837 g/mol. The van der Waals surface area contributed by atoms with Crippen LogP contribution >= 0.6 is 7.82 Å². The lowest BCUT2D eigenvalue weighted by Gasteiger charge is -2.41. The number of aliphatic hydroxyl groups excluding tert-OH is 5. The molecule has 6 N–H and O–H groups in total. The molecule has 14 heteroatoms. The van der Waals surface area contributed by atoms with Crippen LogP contribution in [0.3, 0.4) is 0 Å². The molecule has 57 heavy (non-hydrogen) atoms. The van der Waals surface area contributed by atoms with E-state index in [0.29, 0.717) is 12.8 Å². The van der Waals surface area contributed by atoms with Crippen molar-refractivity contribution in [2.75, 3.05) is 13.2 Å². The van der Waals surface area contributed by atoms with E-state index in [9.17, 15) is 44.6 Å². The van der Waals surface area contributed by atoms with Crippen molar-refractivity contribution in [3.63, 3.8) is 0 Å². The summed E-state index contributed by atoms with van der Waals surface area (Å²) >= 11 is 0. The Bertz CT molecular complexity index is 1060. The van der Waals surface area contributed by atoms with E-state index in [1.165, 1.54) is 103 Å². The van der Waals surface area contributed by atoms with Crippen LogP contribution in [0.15, 0.2) is 12.2 Å². The summed E-state index contributed by atoms with van der Waals surface area (Å²) in [4.78, 5) is 35.6. The minimum Gasteiger partial charge on any atom is -0.462 e. The third-order valence-electron chi connectivity index (χ3n) is 10.6. The fraction of sp³-hybridized carbons (Fsp3) is 0.907. The van der Waals surface area contributed by atoms with E-state index in [4.69, 9.17) is 18.5 Å². The van der Waals surface area contributed by atoms with Gasteiger partial charge in [-0.15, -0.1) is 0 Å². The third kappa shape index (κ3) is 27.1. The van der Waals surface area contributed by atoms with Crippen LogP contribution in [0, 0.1) is 0 Å². The van der Waals surface area contributed by atoms with Crippen LogP contribution in [0.4, 0.5) is 0 Å². The summed E-state index contributed by atoms with van der Waals surface area (Å²) in [6, 6.07) is 0.